The van der Waals surface area contributed by atoms with Gasteiger partial charge >= 0.3 is 0 Å². The van der Waals surface area contributed by atoms with Gasteiger partial charge in [0, 0.05) is 24.7 Å². The lowest BCUT2D eigenvalue weighted by Gasteiger charge is -2.16. The van der Waals surface area contributed by atoms with Crippen molar-refractivity contribution in [1.29, 1.82) is 0 Å². The lowest BCUT2D eigenvalue weighted by atomic mass is 10.1. The molecule has 1 unspecified atom stereocenters. The Hall–Kier alpha value is -0.930. The molecule has 2 nitrogen and oxygen atoms in total. The number of aryl methyl sites for hydroxylation is 1. The van der Waals surface area contributed by atoms with Crippen molar-refractivity contribution in [3.05, 3.63) is 35.1 Å². The van der Waals surface area contributed by atoms with Crippen molar-refractivity contribution < 1.29 is 4.39 Å². The van der Waals surface area contributed by atoms with E-state index < -0.39 is 0 Å². The van der Waals surface area contributed by atoms with E-state index >= 15 is 0 Å². The molecule has 0 aliphatic carbocycles. The molecule has 0 saturated heterocycles. The Bertz CT molecular complexity index is 364. The fraction of sp³-hybridized carbons (Fsp3) is 0.600. The predicted molar refractivity (Wildman–Crippen MR) is 75.1 cm³/mol. The van der Waals surface area contributed by atoms with Crippen LogP contribution >= 0.6 is 0 Å². The molecular formula is C15H25FN2. The zero-order valence-corrected chi connectivity index (χ0v) is 11.9. The highest BCUT2D eigenvalue weighted by Gasteiger charge is 2.05. The van der Waals surface area contributed by atoms with Crippen LogP contribution in [0, 0.1) is 18.7 Å². The summed E-state index contributed by atoms with van der Waals surface area (Å²) in [4.78, 5) is 0. The zero-order valence-electron chi connectivity index (χ0n) is 11.9. The molecule has 0 fully saturated rings. The van der Waals surface area contributed by atoms with E-state index in [0.717, 1.165) is 24.2 Å². The summed E-state index contributed by atoms with van der Waals surface area (Å²) in [5, 5.41) is 6.73. The molecule has 0 heterocycles. The van der Waals surface area contributed by atoms with Gasteiger partial charge in [0.05, 0.1) is 0 Å². The molecule has 0 radical (unpaired) electrons. The molecule has 1 atom stereocenters. The Morgan fingerprint density at radius 3 is 2.56 bits per heavy atom. The van der Waals surface area contributed by atoms with E-state index in [1.54, 1.807) is 6.07 Å². The topological polar surface area (TPSA) is 24.1 Å². The first kappa shape index (κ1) is 15.1. The third kappa shape index (κ3) is 5.61. The van der Waals surface area contributed by atoms with Gasteiger partial charge in [-0.2, -0.15) is 0 Å². The van der Waals surface area contributed by atoms with Crippen LogP contribution in [-0.4, -0.2) is 19.1 Å². The van der Waals surface area contributed by atoms with Crippen LogP contribution in [0.2, 0.25) is 0 Å². The zero-order chi connectivity index (χ0) is 13.5. The van der Waals surface area contributed by atoms with Crippen LogP contribution in [0.5, 0.6) is 0 Å². The van der Waals surface area contributed by atoms with E-state index in [1.807, 2.05) is 13.0 Å². The van der Waals surface area contributed by atoms with Crippen molar-refractivity contribution in [2.24, 2.45) is 5.92 Å². The van der Waals surface area contributed by atoms with Crippen molar-refractivity contribution in [3.63, 3.8) is 0 Å². The highest BCUT2D eigenvalue weighted by atomic mass is 19.1. The van der Waals surface area contributed by atoms with Gasteiger partial charge in [-0.25, -0.2) is 4.39 Å². The molecule has 0 bridgehead atoms. The minimum atomic E-state index is -0.129. The first-order valence-corrected chi connectivity index (χ1v) is 6.68. The maximum atomic E-state index is 13.5. The molecule has 0 aromatic heterocycles. The van der Waals surface area contributed by atoms with Gasteiger partial charge in [0.1, 0.15) is 5.82 Å². The summed E-state index contributed by atoms with van der Waals surface area (Å²) in [7, 11) is 0. The molecular weight excluding hydrogens is 227 g/mol. The summed E-state index contributed by atoms with van der Waals surface area (Å²) in [6.45, 7) is 11.0. The van der Waals surface area contributed by atoms with Crippen LogP contribution in [0.4, 0.5) is 4.39 Å². The molecule has 0 amide bonds. The highest BCUT2D eigenvalue weighted by Crippen LogP contribution is 2.09. The van der Waals surface area contributed by atoms with E-state index in [2.05, 4.69) is 31.4 Å². The molecule has 102 valence electrons. The van der Waals surface area contributed by atoms with Gasteiger partial charge in [0.15, 0.2) is 0 Å². The molecule has 1 aromatic carbocycles. The Morgan fingerprint density at radius 1 is 1.17 bits per heavy atom. The van der Waals surface area contributed by atoms with Crippen molar-refractivity contribution >= 4 is 0 Å². The number of hydrogen-bond acceptors (Lipinski definition) is 2. The third-order valence-electron chi connectivity index (χ3n) is 2.85. The largest absolute Gasteiger partial charge is 0.315 e. The number of nitrogens with one attached hydrogen (secondary N) is 2. The summed E-state index contributed by atoms with van der Waals surface area (Å²) in [5.74, 6) is 0.529. The van der Waals surface area contributed by atoms with Gasteiger partial charge < -0.3 is 10.6 Å². The van der Waals surface area contributed by atoms with Gasteiger partial charge in [0.25, 0.3) is 0 Å². The Balaban J connectivity index is 2.33. The number of rotatable bonds is 7. The SMILES string of the molecule is Cc1ccc(F)c(CNC(C)CNCC(C)C)c1. The van der Waals surface area contributed by atoms with Crippen molar-refractivity contribution in [3.8, 4) is 0 Å². The summed E-state index contributed by atoms with van der Waals surface area (Å²) in [6.07, 6.45) is 0. The van der Waals surface area contributed by atoms with E-state index in [0.29, 0.717) is 18.5 Å². The number of halogens is 1. The van der Waals surface area contributed by atoms with Crippen LogP contribution < -0.4 is 10.6 Å². The van der Waals surface area contributed by atoms with Crippen molar-refractivity contribution in [2.75, 3.05) is 13.1 Å². The van der Waals surface area contributed by atoms with Gasteiger partial charge in [-0.15, -0.1) is 0 Å². The Morgan fingerprint density at radius 2 is 1.89 bits per heavy atom. The fourth-order valence-electron chi connectivity index (χ4n) is 1.78. The monoisotopic (exact) mass is 252 g/mol. The van der Waals surface area contributed by atoms with Gasteiger partial charge in [0.2, 0.25) is 0 Å². The van der Waals surface area contributed by atoms with Crippen LogP contribution in [0.3, 0.4) is 0 Å². The lowest BCUT2D eigenvalue weighted by molar-refractivity contribution is 0.467. The van der Waals surface area contributed by atoms with Crippen LogP contribution in [0.25, 0.3) is 0 Å². The normalized spacial score (nSPS) is 13.0. The number of benzene rings is 1. The minimum absolute atomic E-state index is 0.129. The van der Waals surface area contributed by atoms with Gasteiger partial charge in [-0.1, -0.05) is 31.5 Å². The standard InChI is InChI=1S/C15H25FN2/c1-11(2)8-17-9-13(4)18-10-14-7-12(3)5-6-15(14)16/h5-7,11,13,17-18H,8-10H2,1-4H3. The van der Waals surface area contributed by atoms with E-state index in [9.17, 15) is 4.39 Å². The Kier molecular flexibility index (Phi) is 6.30. The molecule has 3 heteroatoms. The quantitative estimate of drug-likeness (QED) is 0.779. The first-order valence-electron chi connectivity index (χ1n) is 6.68. The summed E-state index contributed by atoms with van der Waals surface area (Å²) in [6, 6.07) is 5.57. The Labute approximate surface area is 110 Å². The molecule has 18 heavy (non-hydrogen) atoms. The predicted octanol–water partition coefficient (Wildman–Crippen LogP) is 2.86. The molecule has 1 aromatic rings. The third-order valence-corrected chi connectivity index (χ3v) is 2.85. The second-order valence-corrected chi connectivity index (χ2v) is 5.43. The molecule has 0 spiro atoms. The second-order valence-electron chi connectivity index (χ2n) is 5.43. The highest BCUT2D eigenvalue weighted by molar-refractivity contribution is 5.23. The van der Waals surface area contributed by atoms with Crippen LogP contribution in [0.15, 0.2) is 18.2 Å². The van der Waals surface area contributed by atoms with Gasteiger partial charge in [-0.3, -0.25) is 0 Å². The maximum Gasteiger partial charge on any atom is 0.127 e. The molecule has 0 aliphatic rings. The van der Waals surface area contributed by atoms with Gasteiger partial charge in [-0.05, 0) is 32.4 Å². The lowest BCUT2D eigenvalue weighted by Crippen LogP contribution is -2.37. The fourth-order valence-corrected chi connectivity index (χ4v) is 1.78. The second kappa shape index (κ2) is 7.49. The molecule has 0 aliphatic heterocycles. The van der Waals surface area contributed by atoms with E-state index in [1.165, 1.54) is 6.07 Å². The van der Waals surface area contributed by atoms with Crippen LogP contribution in [0.1, 0.15) is 31.9 Å². The van der Waals surface area contributed by atoms with Crippen molar-refractivity contribution in [1.82, 2.24) is 10.6 Å². The molecule has 0 saturated carbocycles. The van der Waals surface area contributed by atoms with Crippen molar-refractivity contribution in [2.45, 2.75) is 40.3 Å². The minimum Gasteiger partial charge on any atom is -0.315 e. The summed E-state index contributed by atoms with van der Waals surface area (Å²) >= 11 is 0. The van der Waals surface area contributed by atoms with E-state index in [-0.39, 0.29) is 5.82 Å². The molecule has 1 rings (SSSR count). The summed E-state index contributed by atoms with van der Waals surface area (Å²) in [5.41, 5.74) is 1.84. The average Bonchev–Trinajstić information content (AvgIpc) is 2.30. The van der Waals surface area contributed by atoms with E-state index in [4.69, 9.17) is 0 Å². The number of hydrogen-bond donors (Lipinski definition) is 2. The molecule has 2 N–H and O–H groups in total. The summed E-state index contributed by atoms with van der Waals surface area (Å²) < 4.78 is 13.5. The first-order chi connectivity index (χ1) is 8.49. The maximum absolute atomic E-state index is 13.5. The smallest absolute Gasteiger partial charge is 0.127 e. The van der Waals surface area contributed by atoms with Crippen LogP contribution in [-0.2, 0) is 6.54 Å². The average molecular weight is 252 g/mol.